The van der Waals surface area contributed by atoms with Gasteiger partial charge in [-0.2, -0.15) is 0 Å². The first kappa shape index (κ1) is 23.7. The zero-order valence-corrected chi connectivity index (χ0v) is 20.4. The Bertz CT molecular complexity index is 1310. The molecule has 36 heavy (non-hydrogen) atoms. The first-order chi connectivity index (χ1) is 17.5. The van der Waals surface area contributed by atoms with Crippen molar-refractivity contribution in [1.29, 1.82) is 0 Å². The molecule has 0 unspecified atom stereocenters. The molecule has 0 saturated carbocycles. The fourth-order valence-corrected chi connectivity index (χ4v) is 4.97. The van der Waals surface area contributed by atoms with Crippen LogP contribution in [0.4, 0.5) is 0 Å². The predicted octanol–water partition coefficient (Wildman–Crippen LogP) is 4.12. The van der Waals surface area contributed by atoms with Gasteiger partial charge in [-0.15, -0.1) is 0 Å². The number of likely N-dealkylation sites (tertiary alicyclic amines) is 1. The van der Waals surface area contributed by atoms with Gasteiger partial charge in [0.2, 0.25) is 0 Å². The summed E-state index contributed by atoms with van der Waals surface area (Å²) in [4.78, 5) is 32.2. The highest BCUT2D eigenvalue weighted by Crippen LogP contribution is 2.41. The summed E-state index contributed by atoms with van der Waals surface area (Å²) < 4.78 is 13.4. The van der Waals surface area contributed by atoms with Gasteiger partial charge in [0.25, 0.3) is 11.7 Å². The van der Waals surface area contributed by atoms with E-state index in [2.05, 4.69) is 4.98 Å². The molecule has 0 aliphatic carbocycles. The quantitative estimate of drug-likeness (QED) is 0.292. The summed E-state index contributed by atoms with van der Waals surface area (Å²) in [5.74, 6) is -0.0681. The Morgan fingerprint density at radius 1 is 1.19 bits per heavy atom. The van der Waals surface area contributed by atoms with Crippen molar-refractivity contribution < 1.29 is 24.2 Å². The Morgan fingerprint density at radius 3 is 2.83 bits per heavy atom. The minimum absolute atomic E-state index is 0.0554. The third kappa shape index (κ3) is 4.46. The molecular formula is C28H29N3O5. The summed E-state index contributed by atoms with van der Waals surface area (Å²) in [5, 5.41) is 11.4. The van der Waals surface area contributed by atoms with Crippen molar-refractivity contribution >= 4 is 17.4 Å². The highest BCUT2D eigenvalue weighted by atomic mass is 16.5. The van der Waals surface area contributed by atoms with Crippen molar-refractivity contribution in [1.82, 2.24) is 14.5 Å². The second-order valence-corrected chi connectivity index (χ2v) is 9.11. The SMILES string of the molecule is CCOc1cccc([C@H]2/C(=C(\O)c3ccc4c(c3)C[C@@H](C)O4)C(=O)C(=O)N2CCCn2ccnc2)c1. The number of amides is 1. The zero-order valence-electron chi connectivity index (χ0n) is 20.4. The van der Waals surface area contributed by atoms with Crippen LogP contribution in [0.1, 0.15) is 43.0 Å². The second-order valence-electron chi connectivity index (χ2n) is 9.11. The lowest BCUT2D eigenvalue weighted by molar-refractivity contribution is -0.139. The number of benzene rings is 2. The van der Waals surface area contributed by atoms with E-state index in [0.717, 1.165) is 17.7 Å². The number of aromatic nitrogens is 2. The van der Waals surface area contributed by atoms with Crippen LogP contribution in [0.15, 0.2) is 66.8 Å². The van der Waals surface area contributed by atoms with Crippen LogP contribution in [-0.2, 0) is 22.6 Å². The van der Waals surface area contributed by atoms with Crippen molar-refractivity contribution in [3.05, 3.63) is 83.4 Å². The van der Waals surface area contributed by atoms with Crippen LogP contribution in [0, 0.1) is 0 Å². The summed E-state index contributed by atoms with van der Waals surface area (Å²) in [6.45, 7) is 5.37. The topological polar surface area (TPSA) is 93.9 Å². The third-order valence-corrected chi connectivity index (χ3v) is 6.57. The second kappa shape index (κ2) is 9.89. The molecule has 5 rings (SSSR count). The van der Waals surface area contributed by atoms with Crippen molar-refractivity contribution in [2.24, 2.45) is 0 Å². The van der Waals surface area contributed by atoms with Gasteiger partial charge in [-0.3, -0.25) is 9.59 Å². The number of Topliss-reactive ketones (excluding diaryl/α,β-unsaturated/α-hetero) is 1. The molecule has 2 atom stereocenters. The van der Waals surface area contributed by atoms with E-state index in [1.165, 1.54) is 0 Å². The Kier molecular flexibility index (Phi) is 6.50. The van der Waals surface area contributed by atoms with Gasteiger partial charge < -0.3 is 24.0 Å². The van der Waals surface area contributed by atoms with Crippen LogP contribution < -0.4 is 9.47 Å². The number of ether oxygens (including phenoxy) is 2. The van der Waals surface area contributed by atoms with Gasteiger partial charge in [-0.25, -0.2) is 4.98 Å². The highest BCUT2D eigenvalue weighted by Gasteiger charge is 2.46. The number of hydrogen-bond donors (Lipinski definition) is 1. The molecule has 0 bridgehead atoms. The van der Waals surface area contributed by atoms with Crippen LogP contribution in [-0.4, -0.2) is 50.5 Å². The van der Waals surface area contributed by atoms with Gasteiger partial charge in [0.1, 0.15) is 23.4 Å². The number of aliphatic hydroxyl groups excluding tert-OH is 1. The van der Waals surface area contributed by atoms with E-state index in [0.29, 0.717) is 43.0 Å². The normalized spacial score (nSPS) is 20.4. The van der Waals surface area contributed by atoms with Crippen LogP contribution in [0.2, 0.25) is 0 Å². The van der Waals surface area contributed by atoms with Crippen molar-refractivity contribution in [2.45, 2.75) is 45.4 Å². The minimum Gasteiger partial charge on any atom is -0.507 e. The molecule has 1 amide bonds. The highest BCUT2D eigenvalue weighted by molar-refractivity contribution is 6.46. The van der Waals surface area contributed by atoms with Crippen LogP contribution in [0.5, 0.6) is 11.5 Å². The summed E-state index contributed by atoms with van der Waals surface area (Å²) in [6, 6.07) is 12.0. The van der Waals surface area contributed by atoms with Crippen molar-refractivity contribution in [3.63, 3.8) is 0 Å². The summed E-state index contributed by atoms with van der Waals surface area (Å²) in [5.41, 5.74) is 2.26. The monoisotopic (exact) mass is 487 g/mol. The number of ketones is 1. The fraction of sp³-hybridized carbons (Fsp3) is 0.321. The molecule has 1 N–H and O–H groups in total. The number of carbonyl (C=O) groups excluding carboxylic acids is 2. The number of fused-ring (bicyclic) bond motifs is 1. The number of aliphatic hydroxyl groups is 1. The Hall–Kier alpha value is -4.07. The molecule has 0 radical (unpaired) electrons. The number of nitrogens with zero attached hydrogens (tertiary/aromatic N) is 3. The maximum absolute atomic E-state index is 13.3. The maximum Gasteiger partial charge on any atom is 0.295 e. The minimum atomic E-state index is -0.725. The molecular weight excluding hydrogens is 458 g/mol. The van der Waals surface area contributed by atoms with E-state index in [-0.39, 0.29) is 17.4 Å². The lowest BCUT2D eigenvalue weighted by Crippen LogP contribution is -2.31. The molecule has 1 aromatic heterocycles. The average molecular weight is 488 g/mol. The Morgan fingerprint density at radius 2 is 2.06 bits per heavy atom. The molecule has 2 aromatic carbocycles. The molecule has 8 heteroatoms. The van der Waals surface area contributed by atoms with Gasteiger partial charge in [0.15, 0.2) is 0 Å². The predicted molar refractivity (Wildman–Crippen MR) is 134 cm³/mol. The zero-order chi connectivity index (χ0) is 25.2. The molecule has 8 nitrogen and oxygen atoms in total. The molecule has 0 spiro atoms. The summed E-state index contributed by atoms with van der Waals surface area (Å²) in [6.07, 6.45) is 6.68. The van der Waals surface area contributed by atoms with Crippen molar-refractivity contribution in [2.75, 3.05) is 13.2 Å². The fourth-order valence-electron chi connectivity index (χ4n) is 4.97. The van der Waals surface area contributed by atoms with Gasteiger partial charge in [-0.1, -0.05) is 12.1 Å². The van der Waals surface area contributed by atoms with Crippen LogP contribution >= 0.6 is 0 Å². The number of aryl methyl sites for hydroxylation is 1. The van der Waals surface area contributed by atoms with E-state index < -0.39 is 17.7 Å². The molecule has 3 heterocycles. The molecule has 2 aliphatic heterocycles. The smallest absolute Gasteiger partial charge is 0.295 e. The lowest BCUT2D eigenvalue weighted by atomic mass is 9.94. The summed E-state index contributed by atoms with van der Waals surface area (Å²) >= 11 is 0. The number of carbonyl (C=O) groups is 2. The van der Waals surface area contributed by atoms with Crippen LogP contribution in [0.25, 0.3) is 5.76 Å². The van der Waals surface area contributed by atoms with E-state index in [9.17, 15) is 14.7 Å². The van der Waals surface area contributed by atoms with Gasteiger partial charge in [0.05, 0.1) is 24.5 Å². The Labute approximate surface area is 209 Å². The van der Waals surface area contributed by atoms with Gasteiger partial charge >= 0.3 is 0 Å². The third-order valence-electron chi connectivity index (χ3n) is 6.57. The lowest BCUT2D eigenvalue weighted by Gasteiger charge is -2.26. The first-order valence-electron chi connectivity index (χ1n) is 12.2. The van der Waals surface area contributed by atoms with E-state index in [4.69, 9.17) is 9.47 Å². The van der Waals surface area contributed by atoms with Crippen molar-refractivity contribution in [3.8, 4) is 11.5 Å². The number of hydrogen-bond acceptors (Lipinski definition) is 6. The van der Waals surface area contributed by atoms with E-state index in [1.54, 1.807) is 29.6 Å². The average Bonchev–Trinajstić information content (AvgIpc) is 3.58. The van der Waals surface area contributed by atoms with Gasteiger partial charge in [0, 0.05) is 37.5 Å². The molecule has 1 saturated heterocycles. The molecule has 2 aliphatic rings. The Balaban J connectivity index is 1.54. The molecule has 3 aromatic rings. The number of imidazole rings is 1. The number of rotatable bonds is 8. The standard InChI is InChI=1S/C28H29N3O5/c1-3-35-22-7-4-6-19(16-22)25-24(26(32)20-8-9-23-21(15-20)14-18(2)36-23)27(33)28(34)31(25)12-5-11-30-13-10-29-17-30/h4,6-10,13,15-18,25,32H,3,5,11-12,14H2,1-2H3/b26-24+/t18-,25+/m1/s1. The van der Waals surface area contributed by atoms with E-state index >= 15 is 0 Å². The molecule has 186 valence electrons. The van der Waals surface area contributed by atoms with Gasteiger partial charge in [-0.05, 0) is 61.7 Å². The maximum atomic E-state index is 13.3. The molecule has 1 fully saturated rings. The largest absolute Gasteiger partial charge is 0.507 e. The first-order valence-corrected chi connectivity index (χ1v) is 12.2. The summed E-state index contributed by atoms with van der Waals surface area (Å²) in [7, 11) is 0. The van der Waals surface area contributed by atoms with Crippen LogP contribution in [0.3, 0.4) is 0 Å². The van der Waals surface area contributed by atoms with E-state index in [1.807, 2.05) is 54.9 Å².